The molecule has 0 aromatic heterocycles. The second-order valence-electron chi connectivity index (χ2n) is 11.2. The van der Waals surface area contributed by atoms with Gasteiger partial charge in [0.2, 0.25) is 17.7 Å². The lowest BCUT2D eigenvalue weighted by Gasteiger charge is -2.44. The van der Waals surface area contributed by atoms with Gasteiger partial charge in [-0.25, -0.2) is 0 Å². The molecule has 0 aromatic rings. The molecule has 3 heterocycles. The first-order valence-electron chi connectivity index (χ1n) is 13.4. The minimum absolute atomic E-state index is 0.00119. The first-order valence-corrected chi connectivity index (χ1v) is 14.3. The predicted octanol–water partition coefficient (Wildman–Crippen LogP) is 3.19. The number of amides is 3. The molecule has 7 nitrogen and oxygen atoms in total. The maximum absolute atomic E-state index is 14.5. The maximum atomic E-state index is 14.5. The third-order valence-corrected chi connectivity index (χ3v) is 10.7. The Morgan fingerprint density at radius 3 is 2.39 bits per heavy atom. The number of likely N-dealkylation sites (N-methyl/N-ethyl adjacent to an activating group) is 1. The number of nitrogens with zero attached hydrogens (tertiary/aromatic N) is 3. The molecular formula is C28H45N3O4S. The zero-order valence-corrected chi connectivity index (χ0v) is 23.7. The summed E-state index contributed by atoms with van der Waals surface area (Å²) in [4.78, 5) is 47.7. The molecule has 0 radical (unpaired) electrons. The quantitative estimate of drug-likeness (QED) is 0.401. The molecule has 3 rings (SSSR count). The molecule has 4 unspecified atom stereocenters. The summed E-state index contributed by atoms with van der Waals surface area (Å²) >= 11 is 1.68. The molecule has 0 aromatic carbocycles. The molecule has 8 heteroatoms. The molecule has 8 atom stereocenters. The van der Waals surface area contributed by atoms with Gasteiger partial charge in [0.1, 0.15) is 6.04 Å². The molecule has 1 N–H and O–H groups in total. The van der Waals surface area contributed by atoms with Gasteiger partial charge in [0.25, 0.3) is 0 Å². The van der Waals surface area contributed by atoms with Gasteiger partial charge >= 0.3 is 0 Å². The molecule has 202 valence electrons. The number of fused-ring (bicyclic) bond motifs is 1. The molecular weight excluding hydrogens is 474 g/mol. The van der Waals surface area contributed by atoms with Gasteiger partial charge in [-0.1, -0.05) is 46.3 Å². The lowest BCUT2D eigenvalue weighted by atomic mass is 9.65. The van der Waals surface area contributed by atoms with Crippen molar-refractivity contribution in [2.24, 2.45) is 23.7 Å². The van der Waals surface area contributed by atoms with Crippen LogP contribution in [0.1, 0.15) is 53.9 Å². The van der Waals surface area contributed by atoms with Crippen LogP contribution in [-0.2, 0) is 14.4 Å². The largest absolute Gasteiger partial charge is 0.394 e. The molecule has 0 aliphatic carbocycles. The lowest BCUT2D eigenvalue weighted by molar-refractivity contribution is -0.148. The van der Waals surface area contributed by atoms with E-state index in [1.54, 1.807) is 40.8 Å². The Balaban J connectivity index is 2.16. The number of likely N-dealkylation sites (tertiary alicyclic amines) is 1. The Kier molecular flexibility index (Phi) is 9.03. The Morgan fingerprint density at radius 2 is 1.86 bits per heavy atom. The Morgan fingerprint density at radius 1 is 1.22 bits per heavy atom. The van der Waals surface area contributed by atoms with Crippen LogP contribution in [-0.4, -0.2) is 92.4 Å². The summed E-state index contributed by atoms with van der Waals surface area (Å²) in [5.74, 6) is -1.30. The molecule has 2 bridgehead atoms. The molecule has 3 fully saturated rings. The van der Waals surface area contributed by atoms with Crippen molar-refractivity contribution in [3.8, 4) is 0 Å². The highest BCUT2D eigenvalue weighted by Crippen LogP contribution is 2.69. The fraction of sp³-hybridized carbons (Fsp3) is 0.750. The van der Waals surface area contributed by atoms with Crippen molar-refractivity contribution in [1.29, 1.82) is 0 Å². The highest BCUT2D eigenvalue weighted by Gasteiger charge is 2.77. The lowest BCUT2D eigenvalue weighted by Crippen LogP contribution is -2.61. The summed E-state index contributed by atoms with van der Waals surface area (Å²) in [6.45, 7) is 18.4. The smallest absolute Gasteiger partial charge is 0.247 e. The zero-order chi connectivity index (χ0) is 26.9. The van der Waals surface area contributed by atoms with Crippen LogP contribution >= 0.6 is 11.8 Å². The van der Waals surface area contributed by atoms with E-state index in [-0.39, 0.29) is 47.5 Å². The highest BCUT2D eigenvalue weighted by molar-refractivity contribution is 8.02. The van der Waals surface area contributed by atoms with Crippen LogP contribution in [0.15, 0.2) is 25.3 Å². The van der Waals surface area contributed by atoms with Crippen molar-refractivity contribution < 1.29 is 19.5 Å². The first-order chi connectivity index (χ1) is 17.0. The normalized spacial score (nSPS) is 32.4. The van der Waals surface area contributed by atoms with Crippen LogP contribution in [0.4, 0.5) is 0 Å². The number of thioether (sulfide) groups is 1. The van der Waals surface area contributed by atoms with E-state index >= 15 is 0 Å². The Bertz CT molecular complexity index is 879. The summed E-state index contributed by atoms with van der Waals surface area (Å²) in [5.41, 5.74) is 0. The second-order valence-corrected chi connectivity index (χ2v) is 12.8. The van der Waals surface area contributed by atoms with Crippen molar-refractivity contribution >= 4 is 29.5 Å². The molecule has 3 aliphatic rings. The van der Waals surface area contributed by atoms with E-state index in [0.717, 1.165) is 19.3 Å². The fourth-order valence-corrected chi connectivity index (χ4v) is 9.29. The van der Waals surface area contributed by atoms with Crippen molar-refractivity contribution in [3.63, 3.8) is 0 Å². The van der Waals surface area contributed by atoms with Crippen LogP contribution in [0.2, 0.25) is 0 Å². The van der Waals surface area contributed by atoms with Gasteiger partial charge in [-0.15, -0.1) is 24.9 Å². The van der Waals surface area contributed by atoms with Crippen LogP contribution < -0.4 is 0 Å². The fourth-order valence-electron chi connectivity index (χ4n) is 6.89. The summed E-state index contributed by atoms with van der Waals surface area (Å²) in [6.07, 6.45) is 6.01. The minimum atomic E-state index is -0.721. The SMILES string of the molecule is C=CCN(C)C(=O)[C@@H]1[C@H]2C(=O)N([C@@H](CO)C(C)C)C(C(=O)N(CC=C)C(C)CCC)C23S[C@@H]1CC3C. The van der Waals surface area contributed by atoms with E-state index in [4.69, 9.17) is 0 Å². The monoisotopic (exact) mass is 519 g/mol. The number of rotatable bonds is 12. The molecule has 36 heavy (non-hydrogen) atoms. The van der Waals surface area contributed by atoms with Crippen LogP contribution in [0.5, 0.6) is 0 Å². The van der Waals surface area contributed by atoms with E-state index in [1.165, 1.54) is 0 Å². The third-order valence-electron chi connectivity index (χ3n) is 8.64. The molecule has 1 spiro atoms. The van der Waals surface area contributed by atoms with E-state index in [1.807, 2.05) is 25.7 Å². The van der Waals surface area contributed by atoms with Gasteiger partial charge < -0.3 is 19.8 Å². The number of aliphatic hydroxyl groups is 1. The van der Waals surface area contributed by atoms with E-state index in [2.05, 4.69) is 27.0 Å². The standard InChI is InChI=1S/C28H45N3O4S/c1-9-12-19(7)30(14-11-3)27(35)24-28-18(6)15-21(36-28)22(25(33)29(8)13-10-2)23(28)26(34)31(24)20(16-32)17(4)5/h10-11,17-24,32H,2-3,9,12-16H2,1,4-8H3/t18?,19?,20-,21+,22-,23-,24?,28?/m0/s1. The predicted molar refractivity (Wildman–Crippen MR) is 145 cm³/mol. The van der Waals surface area contributed by atoms with Crippen LogP contribution in [0, 0.1) is 23.7 Å². The minimum Gasteiger partial charge on any atom is -0.394 e. The number of hydrogen-bond donors (Lipinski definition) is 1. The molecule has 3 amide bonds. The molecule has 0 saturated carbocycles. The Labute approximate surface area is 221 Å². The van der Waals surface area contributed by atoms with Crippen molar-refractivity contribution in [1.82, 2.24) is 14.7 Å². The second kappa shape index (κ2) is 11.3. The first kappa shape index (κ1) is 28.8. The summed E-state index contributed by atoms with van der Waals surface area (Å²) in [6, 6.07) is -1.22. The average Bonchev–Trinajstić information content (AvgIpc) is 3.41. The zero-order valence-electron chi connectivity index (χ0n) is 22.9. The molecule has 3 saturated heterocycles. The Hall–Kier alpha value is -1.80. The summed E-state index contributed by atoms with van der Waals surface area (Å²) in [7, 11) is 1.75. The highest BCUT2D eigenvalue weighted by atomic mass is 32.2. The molecule has 3 aliphatic heterocycles. The maximum Gasteiger partial charge on any atom is 0.247 e. The summed E-state index contributed by atoms with van der Waals surface area (Å²) in [5, 5.41) is 10.4. The van der Waals surface area contributed by atoms with Crippen LogP contribution in [0.3, 0.4) is 0 Å². The topological polar surface area (TPSA) is 81.2 Å². The van der Waals surface area contributed by atoms with E-state index in [9.17, 15) is 19.5 Å². The third kappa shape index (κ3) is 4.42. The van der Waals surface area contributed by atoms with Gasteiger partial charge in [-0.05, 0) is 31.6 Å². The van der Waals surface area contributed by atoms with Gasteiger partial charge in [0.05, 0.1) is 29.2 Å². The van der Waals surface area contributed by atoms with Crippen molar-refractivity contribution in [2.75, 3.05) is 26.7 Å². The number of aliphatic hydroxyl groups excluding tert-OH is 1. The van der Waals surface area contributed by atoms with E-state index in [0.29, 0.717) is 13.1 Å². The van der Waals surface area contributed by atoms with Crippen molar-refractivity contribution in [3.05, 3.63) is 25.3 Å². The number of hydrogen-bond acceptors (Lipinski definition) is 5. The number of carbonyl (C=O) groups is 3. The van der Waals surface area contributed by atoms with Gasteiger partial charge in [-0.3, -0.25) is 14.4 Å². The van der Waals surface area contributed by atoms with Gasteiger partial charge in [0, 0.05) is 31.4 Å². The van der Waals surface area contributed by atoms with Crippen molar-refractivity contribution in [2.45, 2.75) is 82.0 Å². The van der Waals surface area contributed by atoms with Gasteiger partial charge in [-0.2, -0.15) is 0 Å². The average molecular weight is 520 g/mol. The van der Waals surface area contributed by atoms with E-state index < -0.39 is 28.7 Å². The summed E-state index contributed by atoms with van der Waals surface area (Å²) < 4.78 is -0.693. The van der Waals surface area contributed by atoms with Crippen LogP contribution in [0.25, 0.3) is 0 Å². The number of carbonyl (C=O) groups excluding carboxylic acids is 3. The van der Waals surface area contributed by atoms with Gasteiger partial charge in [0.15, 0.2) is 0 Å².